The fourth-order valence-electron chi connectivity index (χ4n) is 2.00. The van der Waals surface area contributed by atoms with Crippen molar-refractivity contribution in [3.05, 3.63) is 24.3 Å². The standard InChI is InChI=1S/C19H34N2OS/c1-5-6-16-22-18-12-10-17(11-13-18)20-14-8-7-9-15-21-23-19(2,3)4/h10-13,20-21H,5-9,14-16H2,1-4H3. The Balaban J connectivity index is 2.03. The van der Waals surface area contributed by atoms with Crippen molar-refractivity contribution in [2.24, 2.45) is 0 Å². The molecule has 0 saturated carbocycles. The molecule has 0 atom stereocenters. The summed E-state index contributed by atoms with van der Waals surface area (Å²) < 4.78 is 9.41. The quantitative estimate of drug-likeness (QED) is 0.390. The second-order valence-corrected chi connectivity index (χ2v) is 8.54. The molecule has 0 bridgehead atoms. The molecule has 0 saturated heterocycles. The van der Waals surface area contributed by atoms with Gasteiger partial charge in [-0.1, -0.05) is 31.7 Å². The number of benzene rings is 1. The predicted molar refractivity (Wildman–Crippen MR) is 105 cm³/mol. The number of anilines is 1. The Bertz CT molecular complexity index is 401. The van der Waals surface area contributed by atoms with Crippen molar-refractivity contribution in [3.8, 4) is 5.75 Å². The maximum atomic E-state index is 5.67. The summed E-state index contributed by atoms with van der Waals surface area (Å²) in [6.45, 7) is 11.8. The number of ether oxygens (including phenoxy) is 1. The SMILES string of the molecule is CCCCOc1ccc(NCCCCCNSC(C)(C)C)cc1. The molecule has 1 rings (SSSR count). The first-order valence-corrected chi connectivity index (χ1v) is 9.70. The topological polar surface area (TPSA) is 33.3 Å². The third-order valence-corrected chi connectivity index (χ3v) is 4.24. The van der Waals surface area contributed by atoms with Crippen LogP contribution in [0.25, 0.3) is 0 Å². The fourth-order valence-corrected chi connectivity index (χ4v) is 2.68. The predicted octanol–water partition coefficient (Wildman–Crippen LogP) is 5.48. The molecule has 1 aromatic rings. The fraction of sp³-hybridized carbons (Fsp3) is 0.684. The van der Waals surface area contributed by atoms with Crippen LogP contribution in [0.5, 0.6) is 5.75 Å². The maximum Gasteiger partial charge on any atom is 0.119 e. The lowest BCUT2D eigenvalue weighted by atomic mass is 10.2. The summed E-state index contributed by atoms with van der Waals surface area (Å²) in [5, 5.41) is 3.47. The third kappa shape index (κ3) is 11.3. The minimum Gasteiger partial charge on any atom is -0.494 e. The molecular formula is C19H34N2OS. The summed E-state index contributed by atoms with van der Waals surface area (Å²) in [6, 6.07) is 8.29. The van der Waals surface area contributed by atoms with Gasteiger partial charge < -0.3 is 10.1 Å². The Morgan fingerprint density at radius 3 is 2.30 bits per heavy atom. The zero-order valence-electron chi connectivity index (χ0n) is 15.3. The molecule has 0 radical (unpaired) electrons. The molecule has 0 aliphatic rings. The van der Waals surface area contributed by atoms with Crippen LogP contribution in [0.15, 0.2) is 24.3 Å². The van der Waals surface area contributed by atoms with E-state index in [0.717, 1.165) is 31.9 Å². The zero-order chi connectivity index (χ0) is 17.0. The van der Waals surface area contributed by atoms with Gasteiger partial charge in [-0.25, -0.2) is 0 Å². The number of unbranched alkanes of at least 4 members (excludes halogenated alkanes) is 3. The molecule has 0 heterocycles. The van der Waals surface area contributed by atoms with Gasteiger partial charge >= 0.3 is 0 Å². The normalized spacial score (nSPS) is 11.5. The molecule has 0 amide bonds. The van der Waals surface area contributed by atoms with E-state index < -0.39 is 0 Å². The van der Waals surface area contributed by atoms with Crippen LogP contribution in [0.4, 0.5) is 5.69 Å². The van der Waals surface area contributed by atoms with Gasteiger partial charge in [0.2, 0.25) is 0 Å². The molecule has 0 unspecified atom stereocenters. The second-order valence-electron chi connectivity index (χ2n) is 6.82. The van der Waals surface area contributed by atoms with E-state index in [1.165, 1.54) is 31.4 Å². The van der Waals surface area contributed by atoms with Crippen molar-refractivity contribution in [2.75, 3.05) is 25.0 Å². The van der Waals surface area contributed by atoms with E-state index in [1.807, 2.05) is 24.1 Å². The Hall–Kier alpha value is -0.870. The number of hydrogen-bond donors (Lipinski definition) is 2. The molecule has 0 spiro atoms. The molecule has 23 heavy (non-hydrogen) atoms. The average molecular weight is 339 g/mol. The highest BCUT2D eigenvalue weighted by Gasteiger charge is 2.09. The minimum absolute atomic E-state index is 0.300. The van der Waals surface area contributed by atoms with E-state index >= 15 is 0 Å². The van der Waals surface area contributed by atoms with E-state index in [9.17, 15) is 0 Å². The summed E-state index contributed by atoms with van der Waals surface area (Å²) in [5.74, 6) is 0.964. The van der Waals surface area contributed by atoms with Gasteiger partial charge in [0.25, 0.3) is 0 Å². The van der Waals surface area contributed by atoms with Gasteiger partial charge in [0.05, 0.1) is 6.61 Å². The van der Waals surface area contributed by atoms with Crippen LogP contribution < -0.4 is 14.8 Å². The summed E-state index contributed by atoms with van der Waals surface area (Å²) in [7, 11) is 0. The average Bonchev–Trinajstić information content (AvgIpc) is 2.50. The summed E-state index contributed by atoms with van der Waals surface area (Å²) in [6.07, 6.45) is 5.97. The van der Waals surface area contributed by atoms with Crippen molar-refractivity contribution in [2.45, 2.75) is 64.5 Å². The van der Waals surface area contributed by atoms with Crippen molar-refractivity contribution < 1.29 is 4.74 Å². The number of rotatable bonds is 12. The third-order valence-electron chi connectivity index (χ3n) is 3.28. The Labute approximate surface area is 147 Å². The van der Waals surface area contributed by atoms with Gasteiger partial charge in [0.15, 0.2) is 0 Å². The molecule has 0 aliphatic carbocycles. The smallest absolute Gasteiger partial charge is 0.119 e. The van der Waals surface area contributed by atoms with E-state index in [1.54, 1.807) is 0 Å². The van der Waals surface area contributed by atoms with Crippen molar-refractivity contribution >= 4 is 17.6 Å². The molecule has 3 nitrogen and oxygen atoms in total. The molecule has 0 aliphatic heterocycles. The molecule has 0 fully saturated rings. The van der Waals surface area contributed by atoms with Gasteiger partial charge in [-0.05, 0) is 64.3 Å². The molecule has 1 aromatic carbocycles. The molecule has 2 N–H and O–H groups in total. The van der Waals surface area contributed by atoms with E-state index in [-0.39, 0.29) is 0 Å². The molecular weight excluding hydrogens is 304 g/mol. The lowest BCUT2D eigenvalue weighted by Crippen LogP contribution is -2.17. The Kier molecular flexibility index (Phi) is 10.2. The Morgan fingerprint density at radius 1 is 0.957 bits per heavy atom. The van der Waals surface area contributed by atoms with Gasteiger partial charge in [0, 0.05) is 23.5 Å². The van der Waals surface area contributed by atoms with Crippen molar-refractivity contribution in [1.82, 2.24) is 4.72 Å². The van der Waals surface area contributed by atoms with Crippen LogP contribution >= 0.6 is 11.9 Å². The first kappa shape index (κ1) is 20.2. The summed E-state index contributed by atoms with van der Waals surface area (Å²) in [5.41, 5.74) is 1.18. The lowest BCUT2D eigenvalue weighted by Gasteiger charge is -2.17. The highest BCUT2D eigenvalue weighted by Crippen LogP contribution is 2.19. The van der Waals surface area contributed by atoms with Crippen LogP contribution in [0.3, 0.4) is 0 Å². The number of nitrogens with one attached hydrogen (secondary N) is 2. The summed E-state index contributed by atoms with van der Waals surface area (Å²) >= 11 is 1.82. The molecule has 0 aromatic heterocycles. The summed E-state index contributed by atoms with van der Waals surface area (Å²) in [4.78, 5) is 0. The van der Waals surface area contributed by atoms with Crippen LogP contribution in [0.2, 0.25) is 0 Å². The van der Waals surface area contributed by atoms with Crippen LogP contribution in [-0.2, 0) is 0 Å². The minimum atomic E-state index is 0.300. The number of hydrogen-bond acceptors (Lipinski definition) is 4. The van der Waals surface area contributed by atoms with Gasteiger partial charge in [0.1, 0.15) is 5.75 Å². The van der Waals surface area contributed by atoms with Gasteiger partial charge in [-0.15, -0.1) is 0 Å². The largest absolute Gasteiger partial charge is 0.494 e. The Morgan fingerprint density at radius 2 is 1.65 bits per heavy atom. The second kappa shape index (κ2) is 11.6. The van der Waals surface area contributed by atoms with Crippen LogP contribution in [0.1, 0.15) is 59.8 Å². The van der Waals surface area contributed by atoms with E-state index in [4.69, 9.17) is 4.74 Å². The first-order valence-electron chi connectivity index (χ1n) is 8.89. The van der Waals surface area contributed by atoms with Crippen molar-refractivity contribution in [1.29, 1.82) is 0 Å². The maximum absolute atomic E-state index is 5.67. The lowest BCUT2D eigenvalue weighted by molar-refractivity contribution is 0.309. The highest BCUT2D eigenvalue weighted by molar-refractivity contribution is 7.98. The van der Waals surface area contributed by atoms with Gasteiger partial charge in [-0.2, -0.15) is 0 Å². The highest BCUT2D eigenvalue weighted by atomic mass is 32.2. The first-order chi connectivity index (χ1) is 11.0. The monoisotopic (exact) mass is 338 g/mol. The van der Waals surface area contributed by atoms with E-state index in [0.29, 0.717) is 4.75 Å². The molecule has 4 heteroatoms. The van der Waals surface area contributed by atoms with Crippen LogP contribution in [0, 0.1) is 0 Å². The zero-order valence-corrected chi connectivity index (χ0v) is 16.1. The molecule has 132 valence electrons. The van der Waals surface area contributed by atoms with E-state index in [2.05, 4.69) is 49.9 Å². The van der Waals surface area contributed by atoms with Crippen molar-refractivity contribution in [3.63, 3.8) is 0 Å². The van der Waals surface area contributed by atoms with Gasteiger partial charge in [-0.3, -0.25) is 4.72 Å². The van der Waals surface area contributed by atoms with Crippen LogP contribution in [-0.4, -0.2) is 24.4 Å².